The van der Waals surface area contributed by atoms with Crippen molar-refractivity contribution < 1.29 is 28.8 Å². The number of hydrogen-bond acceptors (Lipinski definition) is 5. The molecule has 7 N–H and O–H groups in total. The molecule has 0 fully saturated rings. The highest BCUT2D eigenvalue weighted by molar-refractivity contribution is 7.47. The number of phosphoric acid groups is 1. The Morgan fingerprint density at radius 2 is 1.67 bits per heavy atom. The van der Waals surface area contributed by atoms with E-state index in [0.29, 0.717) is 0 Å². The van der Waals surface area contributed by atoms with E-state index in [9.17, 15) is 4.57 Å². The van der Waals surface area contributed by atoms with E-state index in [4.69, 9.17) is 19.8 Å². The lowest BCUT2D eigenvalue weighted by Crippen LogP contribution is -2.14. The summed E-state index contributed by atoms with van der Waals surface area (Å²) in [7, 11) is -7.14. The first-order chi connectivity index (χ1) is 3.42. The minimum atomic E-state index is -4.72. The van der Waals surface area contributed by atoms with Gasteiger partial charge in [0, 0.05) is 0 Å². The molecule has 0 aliphatic heterocycles. The lowest BCUT2D eigenvalue weighted by atomic mass is 10.3. The van der Waals surface area contributed by atoms with E-state index in [1.54, 1.807) is 0 Å². The summed E-state index contributed by atoms with van der Waals surface area (Å²) in [4.78, 5) is 15.5. The fourth-order valence-corrected chi connectivity index (χ4v) is 0.368. The summed E-state index contributed by atoms with van der Waals surface area (Å²) in [5, 5.41) is 15.5. The van der Waals surface area contributed by atoms with Crippen LogP contribution in [-0.2, 0) is 9.01 Å². The van der Waals surface area contributed by atoms with Crippen molar-refractivity contribution in [2.24, 2.45) is 0 Å². The van der Waals surface area contributed by atoms with Crippen molar-refractivity contribution in [3.05, 3.63) is 0 Å². The van der Waals surface area contributed by atoms with E-state index in [2.05, 4.69) is 4.44 Å². The van der Waals surface area contributed by atoms with Crippen molar-refractivity contribution in [2.75, 3.05) is 0 Å². The Bertz CT molecular complexity index is 106. The van der Waals surface area contributed by atoms with Crippen LogP contribution in [0.2, 0.25) is 0 Å². The van der Waals surface area contributed by atoms with Gasteiger partial charge in [0.1, 0.15) is 0 Å². The Balaban J connectivity index is 0. The summed E-state index contributed by atoms with van der Waals surface area (Å²) in [5.74, 6) is 0. The van der Waals surface area contributed by atoms with E-state index in [1.165, 1.54) is 0 Å². The van der Waals surface area contributed by atoms with Crippen molar-refractivity contribution in [1.29, 1.82) is 0 Å². The lowest BCUT2D eigenvalue weighted by molar-refractivity contribution is 0.219. The summed E-state index contributed by atoms with van der Waals surface area (Å²) in [6, 6.07) is 0. The molecule has 0 aromatic heterocycles. The molecule has 0 saturated carbocycles. The van der Waals surface area contributed by atoms with E-state index < -0.39 is 15.1 Å². The minimum absolute atomic E-state index is 0. The van der Waals surface area contributed by atoms with Gasteiger partial charge in [0.2, 0.25) is 0 Å². The third-order valence-corrected chi connectivity index (χ3v) is 0.695. The zero-order valence-electron chi connectivity index (χ0n) is 4.34. The van der Waals surface area contributed by atoms with Gasteiger partial charge >= 0.3 is 15.1 Å². The Hall–Kier alpha value is 0.0549. The van der Waals surface area contributed by atoms with Crippen LogP contribution in [0.15, 0.2) is 0 Å². The van der Waals surface area contributed by atoms with Gasteiger partial charge in [-0.1, -0.05) is 0 Å². The molecule has 0 heterocycles. The Kier molecular flexibility index (Phi) is 5.20. The minimum Gasteiger partial charge on any atom is -0.401 e. The molecule has 0 bridgehead atoms. The van der Waals surface area contributed by atoms with Crippen LogP contribution >= 0.6 is 7.82 Å². The van der Waals surface area contributed by atoms with Crippen LogP contribution < -0.4 is 6.15 Å². The smallest absolute Gasteiger partial charge is 0.401 e. The number of hydrogen-bond donors (Lipinski definition) is 5. The summed E-state index contributed by atoms with van der Waals surface area (Å²) in [6.45, 7) is 0. The molecule has 0 aliphatic rings. The summed E-state index contributed by atoms with van der Waals surface area (Å²) < 4.78 is 12.8. The fraction of sp³-hybridized carbons (Fsp3) is 0. The van der Waals surface area contributed by atoms with Gasteiger partial charge in [-0.25, -0.2) is 4.57 Å². The molecule has 0 atom stereocenters. The standard InChI is InChI=1S/BH4O6P.H3N/c2-1(3)7-8(4,5)6;/h2-3H,(H2,4,5,6);1H3. The first-order valence-corrected chi connectivity index (χ1v) is 3.05. The van der Waals surface area contributed by atoms with Gasteiger partial charge in [0.15, 0.2) is 0 Å². The Labute approximate surface area is 51.3 Å². The molecule has 0 aromatic rings. The molecule has 7 nitrogen and oxygen atoms in total. The highest BCUT2D eigenvalue weighted by Gasteiger charge is 2.23. The first-order valence-electron chi connectivity index (χ1n) is 1.52. The Morgan fingerprint density at radius 3 is 1.67 bits per heavy atom. The summed E-state index contributed by atoms with van der Waals surface area (Å²) in [6.07, 6.45) is 0. The molecule has 0 aromatic carbocycles. The first kappa shape index (κ1) is 11.8. The van der Waals surface area contributed by atoms with Crippen molar-refractivity contribution in [1.82, 2.24) is 6.15 Å². The van der Waals surface area contributed by atoms with Gasteiger partial charge in [-0.3, -0.25) is 4.44 Å². The molecule has 0 unspecified atom stereocenters. The summed E-state index contributed by atoms with van der Waals surface area (Å²) in [5.41, 5.74) is 0. The van der Waals surface area contributed by atoms with Crippen LogP contribution in [0.5, 0.6) is 0 Å². The highest BCUT2D eigenvalue weighted by atomic mass is 31.2. The van der Waals surface area contributed by atoms with Gasteiger partial charge in [-0.05, 0) is 0 Å². The second-order valence-corrected chi connectivity index (χ2v) is 2.11. The van der Waals surface area contributed by atoms with Crippen LogP contribution in [0.4, 0.5) is 0 Å². The zero-order valence-corrected chi connectivity index (χ0v) is 5.23. The molecular weight excluding hydrogens is 152 g/mol. The maximum Gasteiger partial charge on any atom is 0.642 e. The van der Waals surface area contributed by atoms with E-state index in [1.807, 2.05) is 0 Å². The Morgan fingerprint density at radius 1 is 1.33 bits per heavy atom. The van der Waals surface area contributed by atoms with Gasteiger partial charge in [-0.2, -0.15) is 0 Å². The molecule has 9 heavy (non-hydrogen) atoms. The quantitative estimate of drug-likeness (QED) is 0.237. The number of rotatable bonds is 2. The van der Waals surface area contributed by atoms with Gasteiger partial charge in [0.05, 0.1) is 0 Å². The SMILES string of the molecule is N.O=P(O)(O)OB(O)O. The molecule has 0 radical (unpaired) electrons. The molecule has 0 aliphatic carbocycles. The maximum absolute atomic E-state index is 9.59. The van der Waals surface area contributed by atoms with Crippen molar-refractivity contribution in [3.8, 4) is 0 Å². The van der Waals surface area contributed by atoms with Crippen LogP contribution in [0.25, 0.3) is 0 Å². The predicted molar refractivity (Wildman–Crippen MR) is 28.3 cm³/mol. The lowest BCUT2D eigenvalue weighted by Gasteiger charge is -2.00. The van der Waals surface area contributed by atoms with Crippen molar-refractivity contribution >= 4 is 15.1 Å². The molecule has 0 amide bonds. The maximum atomic E-state index is 9.59. The molecule has 0 rings (SSSR count). The third-order valence-electron chi connectivity index (χ3n) is 0.232. The van der Waals surface area contributed by atoms with E-state index >= 15 is 0 Å². The fourth-order valence-electron chi connectivity index (χ4n) is 0.123. The van der Waals surface area contributed by atoms with Crippen LogP contribution in [0.1, 0.15) is 0 Å². The molecule has 9 heteroatoms. The van der Waals surface area contributed by atoms with Crippen LogP contribution in [0, 0.1) is 0 Å². The molecule has 56 valence electrons. The average molecular weight is 159 g/mol. The van der Waals surface area contributed by atoms with E-state index in [0.717, 1.165) is 0 Å². The largest absolute Gasteiger partial charge is 0.642 e. The van der Waals surface area contributed by atoms with Gasteiger partial charge in [0.25, 0.3) is 0 Å². The normalized spacial score (nSPS) is 10.2. The van der Waals surface area contributed by atoms with Gasteiger partial charge in [-0.15, -0.1) is 0 Å². The van der Waals surface area contributed by atoms with Crippen LogP contribution in [0.3, 0.4) is 0 Å². The van der Waals surface area contributed by atoms with E-state index in [-0.39, 0.29) is 6.15 Å². The second-order valence-electron chi connectivity index (χ2n) is 0.922. The summed E-state index contributed by atoms with van der Waals surface area (Å²) >= 11 is 0. The van der Waals surface area contributed by atoms with Gasteiger partial charge < -0.3 is 26.0 Å². The topological polar surface area (TPSA) is 142 Å². The van der Waals surface area contributed by atoms with Crippen molar-refractivity contribution in [3.63, 3.8) is 0 Å². The van der Waals surface area contributed by atoms with Crippen molar-refractivity contribution in [2.45, 2.75) is 0 Å². The second kappa shape index (κ2) is 3.97. The average Bonchev–Trinajstić information content (AvgIpc) is 1.21. The van der Waals surface area contributed by atoms with Crippen LogP contribution in [-0.4, -0.2) is 27.2 Å². The molecular formula is H7BNO6P. The highest BCUT2D eigenvalue weighted by Crippen LogP contribution is 2.35. The molecule has 0 saturated heterocycles. The predicted octanol–water partition coefficient (Wildman–Crippen LogP) is -1.77. The zero-order chi connectivity index (χ0) is 6.78. The molecule has 0 spiro atoms. The third kappa shape index (κ3) is 11.6. The monoisotopic (exact) mass is 159 g/mol.